The fourth-order valence-electron chi connectivity index (χ4n) is 4.68. The number of alkyl halides is 6. The summed E-state index contributed by atoms with van der Waals surface area (Å²) in [5.41, 5.74) is -1.84. The lowest BCUT2D eigenvalue weighted by molar-refractivity contribution is -0.143. The number of ether oxygens (including phenoxy) is 2. The second-order valence-corrected chi connectivity index (χ2v) is 9.28. The Morgan fingerprint density at radius 1 is 1.02 bits per heavy atom. The molecule has 4 rings (SSSR count). The molecule has 41 heavy (non-hydrogen) atoms. The van der Waals surface area contributed by atoms with Crippen molar-refractivity contribution in [3.63, 3.8) is 0 Å². The summed E-state index contributed by atoms with van der Waals surface area (Å²) in [5, 5.41) is 3.16. The molecule has 0 fully saturated rings. The third kappa shape index (κ3) is 6.80. The lowest BCUT2D eigenvalue weighted by atomic mass is 9.93. The van der Waals surface area contributed by atoms with Crippen LogP contribution in [0.1, 0.15) is 60.8 Å². The molecule has 1 aliphatic heterocycles. The summed E-state index contributed by atoms with van der Waals surface area (Å²) < 4.78 is 90.4. The Kier molecular flexibility index (Phi) is 8.59. The van der Waals surface area contributed by atoms with Crippen LogP contribution in [-0.4, -0.2) is 40.8 Å². The summed E-state index contributed by atoms with van der Waals surface area (Å²) in [6, 6.07) is 5.37. The van der Waals surface area contributed by atoms with Crippen molar-refractivity contribution >= 4 is 17.7 Å². The number of fused-ring (bicyclic) bond motifs is 1. The second kappa shape index (κ2) is 11.8. The van der Waals surface area contributed by atoms with Crippen molar-refractivity contribution in [1.82, 2.24) is 15.0 Å². The van der Waals surface area contributed by atoms with Gasteiger partial charge in [-0.05, 0) is 55.7 Å². The molecule has 1 aromatic carbocycles. The number of aromatic nitrogens is 3. The summed E-state index contributed by atoms with van der Waals surface area (Å²) in [4.78, 5) is 27.4. The Hall–Kier alpha value is -4.10. The van der Waals surface area contributed by atoms with Gasteiger partial charge in [-0.1, -0.05) is 6.92 Å². The van der Waals surface area contributed by atoms with Crippen molar-refractivity contribution in [3.05, 3.63) is 70.7 Å². The highest BCUT2D eigenvalue weighted by molar-refractivity contribution is 5.90. The van der Waals surface area contributed by atoms with E-state index in [0.717, 1.165) is 0 Å². The molecule has 220 valence electrons. The first-order valence-electron chi connectivity index (χ1n) is 12.7. The highest BCUT2D eigenvalue weighted by Crippen LogP contribution is 2.40. The molecule has 0 unspecified atom stereocenters. The number of halogens is 6. The van der Waals surface area contributed by atoms with E-state index in [-0.39, 0.29) is 42.3 Å². The van der Waals surface area contributed by atoms with E-state index >= 15 is 0 Å². The zero-order chi connectivity index (χ0) is 29.9. The lowest BCUT2D eigenvalue weighted by Gasteiger charge is -2.39. The van der Waals surface area contributed by atoms with Crippen LogP contribution in [0.5, 0.6) is 5.88 Å². The predicted molar refractivity (Wildman–Crippen MR) is 137 cm³/mol. The van der Waals surface area contributed by atoms with Gasteiger partial charge in [0.15, 0.2) is 0 Å². The van der Waals surface area contributed by atoms with Gasteiger partial charge in [-0.3, -0.25) is 4.90 Å². The van der Waals surface area contributed by atoms with E-state index in [1.54, 1.807) is 19.1 Å². The molecule has 3 aromatic rings. The highest BCUT2D eigenvalue weighted by atomic mass is 19.4. The van der Waals surface area contributed by atoms with Gasteiger partial charge < -0.3 is 14.8 Å². The number of hydrogen-bond acceptors (Lipinski definition) is 7. The molecule has 0 bridgehead atoms. The van der Waals surface area contributed by atoms with Crippen LogP contribution in [0.15, 0.2) is 42.6 Å². The quantitative estimate of drug-likeness (QED) is 0.306. The first-order valence-corrected chi connectivity index (χ1v) is 12.7. The molecule has 0 saturated carbocycles. The standard InChI is InChI=1S/C27H27F6N5O3/c1-4-19-14-20(23-21(6-7-22(37-23)40-3)38(19)25(39)41-5-2)36-24-34-9-8-18(35-24)12-15-10-16(26(28,29)30)13-17(11-15)27(31,32)33/h6-11,13,19-20H,4-5,12,14H2,1-3H3,(H,34,35,36)/t19-,20+/m1/s1. The molecule has 2 aromatic heterocycles. The van der Waals surface area contributed by atoms with Crippen LogP contribution >= 0.6 is 0 Å². The summed E-state index contributed by atoms with van der Waals surface area (Å²) >= 11 is 0. The average molecular weight is 584 g/mol. The van der Waals surface area contributed by atoms with Crippen LogP contribution in [0.3, 0.4) is 0 Å². The van der Waals surface area contributed by atoms with Crippen LogP contribution in [0, 0.1) is 0 Å². The molecule has 2 atom stereocenters. The van der Waals surface area contributed by atoms with Crippen LogP contribution in [0.2, 0.25) is 0 Å². The predicted octanol–water partition coefficient (Wildman–Crippen LogP) is 6.81. The lowest BCUT2D eigenvalue weighted by Crippen LogP contribution is -2.46. The Labute approximate surface area is 231 Å². The third-order valence-corrected chi connectivity index (χ3v) is 6.53. The average Bonchev–Trinajstić information content (AvgIpc) is 2.91. The van der Waals surface area contributed by atoms with Gasteiger partial charge in [0.2, 0.25) is 11.8 Å². The number of carbonyl (C=O) groups excluding carboxylic acids is 1. The summed E-state index contributed by atoms with van der Waals surface area (Å²) in [7, 11) is 1.45. The molecule has 8 nitrogen and oxygen atoms in total. The molecule has 3 heterocycles. The minimum Gasteiger partial charge on any atom is -0.481 e. The number of benzene rings is 1. The monoisotopic (exact) mass is 583 g/mol. The van der Waals surface area contributed by atoms with Crippen LogP contribution < -0.4 is 15.0 Å². The molecule has 0 saturated heterocycles. The van der Waals surface area contributed by atoms with Crippen molar-refractivity contribution in [2.45, 2.75) is 57.5 Å². The molecular weight excluding hydrogens is 556 g/mol. The van der Waals surface area contributed by atoms with E-state index in [9.17, 15) is 31.1 Å². The number of pyridine rings is 1. The zero-order valence-electron chi connectivity index (χ0n) is 22.3. The fraction of sp³-hybridized carbons (Fsp3) is 0.407. The van der Waals surface area contributed by atoms with E-state index in [4.69, 9.17) is 9.47 Å². The summed E-state index contributed by atoms with van der Waals surface area (Å²) in [6.07, 6.45) is -8.41. The van der Waals surface area contributed by atoms with Gasteiger partial charge in [0.1, 0.15) is 0 Å². The van der Waals surface area contributed by atoms with Gasteiger partial charge in [0.05, 0.1) is 48.0 Å². The highest BCUT2D eigenvalue weighted by Gasteiger charge is 2.39. The van der Waals surface area contributed by atoms with Crippen molar-refractivity contribution in [3.8, 4) is 5.88 Å². The van der Waals surface area contributed by atoms with E-state index in [1.165, 1.54) is 24.3 Å². The topological polar surface area (TPSA) is 89.5 Å². The molecule has 1 amide bonds. The maximum atomic E-state index is 13.3. The molecule has 14 heteroatoms. The largest absolute Gasteiger partial charge is 0.481 e. The second-order valence-electron chi connectivity index (χ2n) is 9.28. The number of amides is 1. The first kappa shape index (κ1) is 29.9. The Balaban J connectivity index is 1.65. The van der Waals surface area contributed by atoms with Crippen molar-refractivity contribution in [2.24, 2.45) is 0 Å². The normalized spacial score (nSPS) is 17.1. The van der Waals surface area contributed by atoms with Crippen molar-refractivity contribution in [2.75, 3.05) is 23.9 Å². The van der Waals surface area contributed by atoms with Gasteiger partial charge in [-0.25, -0.2) is 19.7 Å². The molecule has 0 radical (unpaired) electrons. The number of hydrogen-bond donors (Lipinski definition) is 1. The Morgan fingerprint density at radius 3 is 2.29 bits per heavy atom. The number of methoxy groups -OCH3 is 1. The van der Waals surface area contributed by atoms with E-state index in [1.807, 2.05) is 6.92 Å². The molecule has 0 spiro atoms. The van der Waals surface area contributed by atoms with Crippen LogP contribution in [0.25, 0.3) is 0 Å². The van der Waals surface area contributed by atoms with Crippen LogP contribution in [-0.2, 0) is 23.5 Å². The van der Waals surface area contributed by atoms with Gasteiger partial charge in [0, 0.05) is 24.7 Å². The molecule has 1 N–H and O–H groups in total. The minimum absolute atomic E-state index is 0.0853. The minimum atomic E-state index is -4.95. The Bertz CT molecular complexity index is 1370. The first-order chi connectivity index (χ1) is 19.3. The Morgan fingerprint density at radius 2 is 1.71 bits per heavy atom. The number of rotatable bonds is 7. The van der Waals surface area contributed by atoms with E-state index in [2.05, 4.69) is 20.3 Å². The van der Waals surface area contributed by atoms with E-state index in [0.29, 0.717) is 42.2 Å². The fourth-order valence-corrected chi connectivity index (χ4v) is 4.68. The van der Waals surface area contributed by atoms with Gasteiger partial charge in [0.25, 0.3) is 0 Å². The van der Waals surface area contributed by atoms with Crippen molar-refractivity contribution in [1.29, 1.82) is 0 Å². The maximum Gasteiger partial charge on any atom is 0.416 e. The summed E-state index contributed by atoms with van der Waals surface area (Å²) in [6.45, 7) is 3.80. The molecule has 0 aliphatic carbocycles. The van der Waals surface area contributed by atoms with Gasteiger partial charge >= 0.3 is 18.4 Å². The van der Waals surface area contributed by atoms with Gasteiger partial charge in [-0.2, -0.15) is 26.3 Å². The number of nitrogens with one attached hydrogen (secondary N) is 1. The third-order valence-electron chi connectivity index (χ3n) is 6.53. The zero-order valence-corrected chi connectivity index (χ0v) is 22.3. The molecule has 1 aliphatic rings. The molecular formula is C27H27F6N5O3. The van der Waals surface area contributed by atoms with E-state index < -0.39 is 35.6 Å². The van der Waals surface area contributed by atoms with Gasteiger partial charge in [-0.15, -0.1) is 0 Å². The van der Waals surface area contributed by atoms with Crippen molar-refractivity contribution < 1.29 is 40.6 Å². The summed E-state index contributed by atoms with van der Waals surface area (Å²) in [5.74, 6) is 0.388. The smallest absolute Gasteiger partial charge is 0.416 e. The number of anilines is 2. The maximum absolute atomic E-state index is 13.3. The number of nitrogens with zero attached hydrogens (tertiary/aromatic N) is 4. The number of carbonyl (C=O) groups is 1. The SMILES string of the molecule is CCOC(=O)N1c2ccc(OC)nc2[C@@H](Nc2nccc(Cc3cc(C(F)(F)F)cc(C(F)(F)F)c3)n2)C[C@H]1CC. The van der Waals surface area contributed by atoms with Crippen LogP contribution in [0.4, 0.5) is 42.8 Å².